The van der Waals surface area contributed by atoms with Gasteiger partial charge in [0.25, 0.3) is 0 Å². The molecule has 3 N–H and O–H groups in total. The van der Waals surface area contributed by atoms with Crippen LogP contribution in [0.4, 0.5) is 5.69 Å². The first-order valence-corrected chi connectivity index (χ1v) is 7.25. The molecule has 0 fully saturated rings. The summed E-state index contributed by atoms with van der Waals surface area (Å²) in [5.74, 6) is 0. The summed E-state index contributed by atoms with van der Waals surface area (Å²) < 4.78 is 1.01. The number of rotatable bonds is 4. The number of hydrogen-bond acceptors (Lipinski definition) is 2. The third-order valence-corrected chi connectivity index (χ3v) is 3.89. The fourth-order valence-corrected chi connectivity index (χ4v) is 2.68. The molecule has 1 unspecified atom stereocenters. The van der Waals surface area contributed by atoms with Gasteiger partial charge in [-0.1, -0.05) is 39.7 Å². The third-order valence-electron chi connectivity index (χ3n) is 2.93. The third kappa shape index (κ3) is 3.72. The molecule has 4 heteroatoms. The topological polar surface area (TPSA) is 38.0 Å². The molecule has 0 aliphatic carbocycles. The molecule has 0 aliphatic rings. The molecule has 0 amide bonds. The Labute approximate surface area is 127 Å². The molecule has 0 bridgehead atoms. The van der Waals surface area contributed by atoms with Crippen LogP contribution in [0.3, 0.4) is 0 Å². The molecule has 2 rings (SSSR count). The van der Waals surface area contributed by atoms with Gasteiger partial charge in [0.15, 0.2) is 0 Å². The summed E-state index contributed by atoms with van der Waals surface area (Å²) in [6, 6.07) is 14.0. The summed E-state index contributed by atoms with van der Waals surface area (Å²) in [6.45, 7) is 2.56. The average Bonchev–Trinajstić information content (AvgIpc) is 2.39. The van der Waals surface area contributed by atoms with Crippen molar-refractivity contribution in [2.45, 2.75) is 13.0 Å². The summed E-state index contributed by atoms with van der Waals surface area (Å²) in [5.41, 5.74) is 9.22. The fraction of sp³-hybridized carbons (Fsp3) is 0.200. The maximum absolute atomic E-state index is 6.06. The lowest BCUT2D eigenvalue weighted by atomic mass is 10.1. The van der Waals surface area contributed by atoms with Crippen LogP contribution in [0.2, 0.25) is 5.02 Å². The first-order chi connectivity index (χ1) is 9.10. The minimum Gasteiger partial charge on any atom is -0.377 e. The molecular weight excluding hydrogens is 324 g/mol. The lowest BCUT2D eigenvalue weighted by molar-refractivity contribution is 0.786. The zero-order valence-electron chi connectivity index (χ0n) is 10.7. The maximum atomic E-state index is 6.06. The van der Waals surface area contributed by atoms with E-state index in [0.29, 0.717) is 11.6 Å². The van der Waals surface area contributed by atoms with E-state index in [0.717, 1.165) is 15.7 Å². The number of hydrogen-bond donors (Lipinski definition) is 2. The molecule has 0 saturated carbocycles. The van der Waals surface area contributed by atoms with Gasteiger partial charge in [0.2, 0.25) is 0 Å². The predicted molar refractivity (Wildman–Crippen MR) is 85.7 cm³/mol. The van der Waals surface area contributed by atoms with Crippen LogP contribution in [-0.4, -0.2) is 6.54 Å². The fourth-order valence-electron chi connectivity index (χ4n) is 1.98. The van der Waals surface area contributed by atoms with Crippen molar-refractivity contribution >= 4 is 33.2 Å². The van der Waals surface area contributed by atoms with Crippen LogP contribution in [-0.2, 0) is 0 Å². The summed E-state index contributed by atoms with van der Waals surface area (Å²) in [4.78, 5) is 0. The van der Waals surface area contributed by atoms with Crippen molar-refractivity contribution in [2.75, 3.05) is 11.9 Å². The van der Waals surface area contributed by atoms with Crippen molar-refractivity contribution in [1.82, 2.24) is 0 Å². The molecule has 0 aromatic heterocycles. The number of benzene rings is 2. The first kappa shape index (κ1) is 14.4. The summed E-state index contributed by atoms with van der Waals surface area (Å²) >= 11 is 9.60. The highest BCUT2D eigenvalue weighted by Gasteiger charge is 2.13. The van der Waals surface area contributed by atoms with Gasteiger partial charge in [0.05, 0.1) is 6.04 Å². The summed E-state index contributed by atoms with van der Waals surface area (Å²) in [5, 5.41) is 4.15. The molecule has 1 atom stereocenters. The van der Waals surface area contributed by atoms with E-state index in [1.54, 1.807) is 0 Å². The first-order valence-electron chi connectivity index (χ1n) is 6.08. The molecule has 19 heavy (non-hydrogen) atoms. The highest BCUT2D eigenvalue weighted by Crippen LogP contribution is 2.28. The normalized spacial score (nSPS) is 12.2. The van der Waals surface area contributed by atoms with Gasteiger partial charge in [0, 0.05) is 21.7 Å². The van der Waals surface area contributed by atoms with Crippen LogP contribution in [0.1, 0.15) is 17.2 Å². The van der Waals surface area contributed by atoms with Crippen LogP contribution in [0.15, 0.2) is 46.9 Å². The monoisotopic (exact) mass is 338 g/mol. The van der Waals surface area contributed by atoms with E-state index < -0.39 is 0 Å². The van der Waals surface area contributed by atoms with E-state index in [9.17, 15) is 0 Å². The van der Waals surface area contributed by atoms with Crippen molar-refractivity contribution in [3.8, 4) is 0 Å². The Bertz CT molecular complexity index is 572. The molecule has 2 aromatic rings. The van der Waals surface area contributed by atoms with Crippen molar-refractivity contribution in [1.29, 1.82) is 0 Å². The van der Waals surface area contributed by atoms with Crippen molar-refractivity contribution < 1.29 is 0 Å². The number of nitrogens with two attached hydrogens (primary N) is 1. The predicted octanol–water partition coefficient (Wildman–Crippen LogP) is 4.52. The van der Waals surface area contributed by atoms with Crippen LogP contribution in [0, 0.1) is 6.92 Å². The van der Waals surface area contributed by atoms with Gasteiger partial charge in [-0.3, -0.25) is 0 Å². The van der Waals surface area contributed by atoms with E-state index in [-0.39, 0.29) is 6.04 Å². The zero-order valence-corrected chi connectivity index (χ0v) is 13.0. The molecule has 2 nitrogen and oxygen atoms in total. The standard InChI is InChI=1S/C15H16BrClN2/c1-10-3-2-4-12(7-10)19-15(9-18)13-8-11(17)5-6-14(13)16/h2-8,15,19H,9,18H2,1H3. The maximum Gasteiger partial charge on any atom is 0.0647 e. The summed E-state index contributed by atoms with van der Waals surface area (Å²) in [6.07, 6.45) is 0. The van der Waals surface area contributed by atoms with Gasteiger partial charge in [-0.25, -0.2) is 0 Å². The quantitative estimate of drug-likeness (QED) is 0.859. The summed E-state index contributed by atoms with van der Waals surface area (Å²) in [7, 11) is 0. The van der Waals surface area contributed by atoms with Gasteiger partial charge in [0.1, 0.15) is 0 Å². The number of halogens is 2. The Kier molecular flexibility index (Phi) is 4.86. The lowest BCUT2D eigenvalue weighted by Crippen LogP contribution is -2.21. The Morgan fingerprint density at radius 3 is 2.74 bits per heavy atom. The second kappa shape index (κ2) is 6.42. The van der Waals surface area contributed by atoms with Crippen LogP contribution in [0.5, 0.6) is 0 Å². The van der Waals surface area contributed by atoms with Crippen LogP contribution >= 0.6 is 27.5 Å². The van der Waals surface area contributed by atoms with Gasteiger partial charge in [-0.15, -0.1) is 0 Å². The highest BCUT2D eigenvalue weighted by molar-refractivity contribution is 9.10. The van der Waals surface area contributed by atoms with E-state index in [2.05, 4.69) is 40.3 Å². The minimum atomic E-state index is 0.0230. The van der Waals surface area contributed by atoms with E-state index in [4.69, 9.17) is 17.3 Å². The van der Waals surface area contributed by atoms with Gasteiger partial charge >= 0.3 is 0 Å². The van der Waals surface area contributed by atoms with Crippen LogP contribution in [0.25, 0.3) is 0 Å². The zero-order chi connectivity index (χ0) is 13.8. The SMILES string of the molecule is Cc1cccc(NC(CN)c2cc(Cl)ccc2Br)c1. The van der Waals surface area contributed by atoms with Crippen molar-refractivity contribution in [3.63, 3.8) is 0 Å². The second-order valence-corrected chi connectivity index (χ2v) is 5.76. The largest absolute Gasteiger partial charge is 0.377 e. The van der Waals surface area contributed by atoms with Crippen molar-refractivity contribution in [2.24, 2.45) is 5.73 Å². The molecule has 0 heterocycles. The Morgan fingerprint density at radius 1 is 1.26 bits per heavy atom. The van der Waals surface area contributed by atoms with Crippen LogP contribution < -0.4 is 11.1 Å². The highest BCUT2D eigenvalue weighted by atomic mass is 79.9. The van der Waals surface area contributed by atoms with E-state index >= 15 is 0 Å². The van der Waals surface area contributed by atoms with E-state index in [1.807, 2.05) is 30.3 Å². The van der Waals surface area contributed by atoms with Gasteiger partial charge < -0.3 is 11.1 Å². The Morgan fingerprint density at radius 2 is 2.05 bits per heavy atom. The smallest absolute Gasteiger partial charge is 0.0647 e. The molecule has 100 valence electrons. The average molecular weight is 340 g/mol. The molecule has 0 radical (unpaired) electrons. The van der Waals surface area contributed by atoms with E-state index in [1.165, 1.54) is 5.56 Å². The molecule has 2 aromatic carbocycles. The minimum absolute atomic E-state index is 0.0230. The molecular formula is C15H16BrClN2. The molecule has 0 aliphatic heterocycles. The number of anilines is 1. The lowest BCUT2D eigenvalue weighted by Gasteiger charge is -2.20. The molecule has 0 spiro atoms. The number of aryl methyl sites for hydroxylation is 1. The second-order valence-electron chi connectivity index (χ2n) is 4.47. The van der Waals surface area contributed by atoms with Gasteiger partial charge in [-0.05, 0) is 48.4 Å². The molecule has 0 saturated heterocycles. The Hall–Kier alpha value is -1.03. The van der Waals surface area contributed by atoms with Crippen molar-refractivity contribution in [3.05, 3.63) is 63.1 Å². The Balaban J connectivity index is 2.27. The van der Waals surface area contributed by atoms with Gasteiger partial charge in [-0.2, -0.15) is 0 Å². The number of nitrogens with one attached hydrogen (secondary N) is 1.